The van der Waals surface area contributed by atoms with Gasteiger partial charge in [-0.1, -0.05) is 0 Å². The van der Waals surface area contributed by atoms with Crippen molar-refractivity contribution in [3.63, 3.8) is 0 Å². The summed E-state index contributed by atoms with van der Waals surface area (Å²) in [6.45, 7) is 2.90. The number of thiol groups is 1. The zero-order valence-corrected chi connectivity index (χ0v) is 11.1. The lowest BCUT2D eigenvalue weighted by Crippen LogP contribution is -2.28. The monoisotopic (exact) mass is 260 g/mol. The molecule has 0 N–H and O–H groups in total. The third-order valence-corrected chi connectivity index (χ3v) is 3.82. The normalized spacial score (nSPS) is 36.6. The molecule has 3 unspecified atom stereocenters. The maximum Gasteiger partial charge on any atom is 0.306 e. The Morgan fingerprint density at radius 2 is 2.41 bits per heavy atom. The van der Waals surface area contributed by atoms with Gasteiger partial charge in [0.2, 0.25) is 0 Å². The number of hydrogen-bond acceptors (Lipinski definition) is 5. The Bertz CT molecular complexity index is 284. The molecule has 1 heterocycles. The highest BCUT2D eigenvalue weighted by Crippen LogP contribution is 2.43. The van der Waals surface area contributed by atoms with Crippen molar-refractivity contribution in [2.75, 3.05) is 19.0 Å². The largest absolute Gasteiger partial charge is 0.466 e. The van der Waals surface area contributed by atoms with Crippen LogP contribution in [0.15, 0.2) is 0 Å². The lowest BCUT2D eigenvalue weighted by Gasteiger charge is -2.22. The summed E-state index contributed by atoms with van der Waals surface area (Å²) in [5.41, 5.74) is 0. The van der Waals surface area contributed by atoms with E-state index in [1.165, 1.54) is 0 Å². The zero-order chi connectivity index (χ0) is 12.3. The van der Waals surface area contributed by atoms with E-state index in [2.05, 4.69) is 12.6 Å². The highest BCUT2D eigenvalue weighted by Gasteiger charge is 2.47. The molecular weight excluding hydrogens is 240 g/mol. The second-order valence-corrected chi connectivity index (χ2v) is 5.13. The smallest absolute Gasteiger partial charge is 0.306 e. The van der Waals surface area contributed by atoms with E-state index in [-0.39, 0.29) is 12.1 Å². The third-order valence-electron chi connectivity index (χ3n) is 3.41. The number of rotatable bonds is 4. The van der Waals surface area contributed by atoms with Crippen LogP contribution < -0.4 is 0 Å². The van der Waals surface area contributed by atoms with Gasteiger partial charge in [0, 0.05) is 25.0 Å². The number of ether oxygens (including phenoxy) is 3. The van der Waals surface area contributed by atoms with Crippen LogP contribution in [0, 0.1) is 5.92 Å². The standard InChI is InChI=1S/C12H20O4S/c1-2-14-11(13)5-9-3-4-12(6-9)15-7-10(8-17)16-12/h9-10,17H,2-8H2,1H3. The molecule has 1 saturated carbocycles. The van der Waals surface area contributed by atoms with Gasteiger partial charge in [-0.2, -0.15) is 12.6 Å². The molecule has 1 spiro atoms. The molecule has 1 aliphatic carbocycles. The Labute approximate surface area is 107 Å². The van der Waals surface area contributed by atoms with Gasteiger partial charge in [-0.25, -0.2) is 0 Å². The van der Waals surface area contributed by atoms with Gasteiger partial charge in [-0.05, 0) is 19.3 Å². The van der Waals surface area contributed by atoms with E-state index in [4.69, 9.17) is 14.2 Å². The second-order valence-electron chi connectivity index (χ2n) is 4.76. The molecule has 2 aliphatic rings. The van der Waals surface area contributed by atoms with Crippen LogP contribution in [0.1, 0.15) is 32.6 Å². The van der Waals surface area contributed by atoms with E-state index in [1.54, 1.807) is 0 Å². The molecule has 0 aromatic carbocycles. The number of hydrogen-bond donors (Lipinski definition) is 1. The Balaban J connectivity index is 1.81. The van der Waals surface area contributed by atoms with Gasteiger partial charge in [0.15, 0.2) is 5.79 Å². The zero-order valence-electron chi connectivity index (χ0n) is 10.2. The summed E-state index contributed by atoms with van der Waals surface area (Å²) in [6.07, 6.45) is 3.23. The Kier molecular flexibility index (Phi) is 4.33. The van der Waals surface area contributed by atoms with Crippen molar-refractivity contribution in [1.29, 1.82) is 0 Å². The first-order chi connectivity index (χ1) is 8.17. The number of esters is 1. The van der Waals surface area contributed by atoms with Crippen LogP contribution in [0.2, 0.25) is 0 Å². The van der Waals surface area contributed by atoms with E-state index in [1.807, 2.05) is 6.92 Å². The highest BCUT2D eigenvalue weighted by atomic mass is 32.1. The lowest BCUT2D eigenvalue weighted by molar-refractivity contribution is -0.162. The van der Waals surface area contributed by atoms with Gasteiger partial charge in [0.1, 0.15) is 0 Å². The number of carbonyl (C=O) groups is 1. The van der Waals surface area contributed by atoms with E-state index in [9.17, 15) is 4.79 Å². The van der Waals surface area contributed by atoms with Crippen molar-refractivity contribution in [3.05, 3.63) is 0 Å². The summed E-state index contributed by atoms with van der Waals surface area (Å²) >= 11 is 4.22. The average molecular weight is 260 g/mol. The van der Waals surface area contributed by atoms with Gasteiger partial charge >= 0.3 is 5.97 Å². The topological polar surface area (TPSA) is 44.8 Å². The summed E-state index contributed by atoms with van der Waals surface area (Å²) < 4.78 is 16.6. The van der Waals surface area contributed by atoms with Crippen molar-refractivity contribution >= 4 is 18.6 Å². The van der Waals surface area contributed by atoms with Crippen molar-refractivity contribution in [1.82, 2.24) is 0 Å². The molecule has 0 aromatic heterocycles. The SMILES string of the molecule is CCOC(=O)CC1CCC2(C1)OCC(CS)O2. The van der Waals surface area contributed by atoms with Gasteiger partial charge in [0.05, 0.1) is 19.3 Å². The van der Waals surface area contributed by atoms with Gasteiger partial charge in [0.25, 0.3) is 0 Å². The molecule has 0 radical (unpaired) electrons. The van der Waals surface area contributed by atoms with Crippen molar-refractivity contribution in [2.45, 2.75) is 44.5 Å². The molecule has 4 nitrogen and oxygen atoms in total. The summed E-state index contributed by atoms with van der Waals surface area (Å²) in [4.78, 5) is 11.4. The molecule has 0 aromatic rings. The van der Waals surface area contributed by atoms with Crippen LogP contribution in [0.5, 0.6) is 0 Å². The molecule has 0 bridgehead atoms. The molecule has 17 heavy (non-hydrogen) atoms. The van der Waals surface area contributed by atoms with Crippen molar-refractivity contribution in [3.8, 4) is 0 Å². The third kappa shape index (κ3) is 3.14. The van der Waals surface area contributed by atoms with E-state index in [0.29, 0.717) is 31.3 Å². The molecular formula is C12H20O4S. The Morgan fingerprint density at radius 1 is 1.59 bits per heavy atom. The molecule has 2 fully saturated rings. The lowest BCUT2D eigenvalue weighted by atomic mass is 10.0. The Morgan fingerprint density at radius 3 is 3.06 bits per heavy atom. The fourth-order valence-corrected chi connectivity index (χ4v) is 2.82. The molecule has 3 atom stereocenters. The summed E-state index contributed by atoms with van der Waals surface area (Å²) in [5.74, 6) is 0.459. The van der Waals surface area contributed by atoms with Crippen LogP contribution in [0.25, 0.3) is 0 Å². The predicted molar refractivity (Wildman–Crippen MR) is 66.0 cm³/mol. The number of carbonyl (C=O) groups excluding carboxylic acids is 1. The minimum Gasteiger partial charge on any atom is -0.466 e. The molecule has 2 rings (SSSR count). The maximum absolute atomic E-state index is 11.4. The fraction of sp³-hybridized carbons (Fsp3) is 0.917. The van der Waals surface area contributed by atoms with Gasteiger partial charge in [-0.15, -0.1) is 0 Å². The highest BCUT2D eigenvalue weighted by molar-refractivity contribution is 7.80. The quantitative estimate of drug-likeness (QED) is 0.618. The maximum atomic E-state index is 11.4. The first-order valence-corrected chi connectivity index (χ1v) is 6.89. The minimum atomic E-state index is -0.440. The molecule has 5 heteroatoms. The van der Waals surface area contributed by atoms with Crippen LogP contribution >= 0.6 is 12.6 Å². The molecule has 98 valence electrons. The van der Waals surface area contributed by atoms with Crippen LogP contribution in [0.3, 0.4) is 0 Å². The van der Waals surface area contributed by atoms with E-state index < -0.39 is 5.79 Å². The molecule has 1 saturated heterocycles. The predicted octanol–water partition coefficient (Wildman–Crippen LogP) is 1.78. The Hall–Kier alpha value is -0.260. The summed E-state index contributed by atoms with van der Waals surface area (Å²) in [6, 6.07) is 0. The van der Waals surface area contributed by atoms with Crippen molar-refractivity contribution in [2.24, 2.45) is 5.92 Å². The van der Waals surface area contributed by atoms with Crippen LogP contribution in [-0.2, 0) is 19.0 Å². The van der Waals surface area contributed by atoms with Crippen LogP contribution in [-0.4, -0.2) is 36.8 Å². The first-order valence-electron chi connectivity index (χ1n) is 6.25. The van der Waals surface area contributed by atoms with Gasteiger partial charge in [-0.3, -0.25) is 4.79 Å². The summed E-state index contributed by atoms with van der Waals surface area (Å²) in [5, 5.41) is 0. The second kappa shape index (κ2) is 5.59. The average Bonchev–Trinajstić information content (AvgIpc) is 2.87. The van der Waals surface area contributed by atoms with E-state index >= 15 is 0 Å². The fourth-order valence-electron chi connectivity index (χ4n) is 2.64. The minimum absolute atomic E-state index is 0.0969. The summed E-state index contributed by atoms with van der Waals surface area (Å²) in [7, 11) is 0. The van der Waals surface area contributed by atoms with E-state index in [0.717, 1.165) is 19.3 Å². The molecule has 1 aliphatic heterocycles. The van der Waals surface area contributed by atoms with Crippen LogP contribution in [0.4, 0.5) is 0 Å². The first kappa shape index (κ1) is 13.2. The molecule has 0 amide bonds. The van der Waals surface area contributed by atoms with Gasteiger partial charge < -0.3 is 14.2 Å². The van der Waals surface area contributed by atoms with Crippen molar-refractivity contribution < 1.29 is 19.0 Å².